The SMILES string of the molecule is Cc1ccc(NC(=O)[C@@H](C)Sc2nnc(NCc3ccco3)s2)c(C)c1. The molecule has 0 saturated heterocycles. The zero-order valence-corrected chi connectivity index (χ0v) is 16.4. The van der Waals surface area contributed by atoms with Gasteiger partial charge in [-0.25, -0.2) is 0 Å². The third kappa shape index (κ3) is 4.86. The lowest BCUT2D eigenvalue weighted by molar-refractivity contribution is -0.115. The molecule has 0 aliphatic heterocycles. The molecule has 3 aromatic rings. The van der Waals surface area contributed by atoms with Crippen LogP contribution >= 0.6 is 23.1 Å². The lowest BCUT2D eigenvalue weighted by atomic mass is 10.1. The monoisotopic (exact) mass is 388 g/mol. The van der Waals surface area contributed by atoms with Crippen molar-refractivity contribution in [2.24, 2.45) is 0 Å². The number of furan rings is 1. The highest BCUT2D eigenvalue weighted by atomic mass is 32.2. The minimum atomic E-state index is -0.276. The van der Waals surface area contributed by atoms with Crippen molar-refractivity contribution >= 4 is 39.8 Å². The number of carbonyl (C=O) groups is 1. The molecule has 2 heterocycles. The Hall–Kier alpha value is -2.32. The molecule has 0 bridgehead atoms. The van der Waals surface area contributed by atoms with Crippen LogP contribution in [0.5, 0.6) is 0 Å². The van der Waals surface area contributed by atoms with E-state index in [2.05, 4.69) is 26.9 Å². The van der Waals surface area contributed by atoms with Gasteiger partial charge in [-0.2, -0.15) is 0 Å². The summed E-state index contributed by atoms with van der Waals surface area (Å²) in [5.74, 6) is 0.776. The Kier molecular flexibility index (Phi) is 5.95. The summed E-state index contributed by atoms with van der Waals surface area (Å²) < 4.78 is 6.01. The molecule has 1 atom stereocenters. The topological polar surface area (TPSA) is 80.0 Å². The maximum absolute atomic E-state index is 12.4. The van der Waals surface area contributed by atoms with Gasteiger partial charge in [0, 0.05) is 5.69 Å². The summed E-state index contributed by atoms with van der Waals surface area (Å²) in [5.41, 5.74) is 3.06. The highest BCUT2D eigenvalue weighted by Crippen LogP contribution is 2.30. The predicted octanol–water partition coefficient (Wildman–Crippen LogP) is 4.48. The molecule has 0 spiro atoms. The number of aromatic nitrogens is 2. The van der Waals surface area contributed by atoms with Gasteiger partial charge in [-0.1, -0.05) is 40.8 Å². The molecule has 0 aliphatic carbocycles. The third-order valence-corrected chi connectivity index (χ3v) is 5.75. The minimum Gasteiger partial charge on any atom is -0.467 e. The van der Waals surface area contributed by atoms with E-state index in [-0.39, 0.29) is 11.2 Å². The van der Waals surface area contributed by atoms with Crippen molar-refractivity contribution in [3.63, 3.8) is 0 Å². The van der Waals surface area contributed by atoms with Crippen molar-refractivity contribution in [3.8, 4) is 0 Å². The number of hydrogen-bond acceptors (Lipinski definition) is 7. The molecule has 0 radical (unpaired) electrons. The van der Waals surface area contributed by atoms with Crippen LogP contribution in [0.1, 0.15) is 23.8 Å². The van der Waals surface area contributed by atoms with Crippen LogP contribution in [-0.4, -0.2) is 21.4 Å². The Morgan fingerprint density at radius 1 is 1.31 bits per heavy atom. The van der Waals surface area contributed by atoms with Gasteiger partial charge in [-0.3, -0.25) is 4.79 Å². The van der Waals surface area contributed by atoms with E-state index in [9.17, 15) is 4.79 Å². The van der Waals surface area contributed by atoms with Crippen molar-refractivity contribution in [1.82, 2.24) is 10.2 Å². The summed E-state index contributed by atoms with van der Waals surface area (Å²) in [4.78, 5) is 12.4. The number of aryl methyl sites for hydroxylation is 2. The highest BCUT2D eigenvalue weighted by Gasteiger charge is 2.18. The fourth-order valence-electron chi connectivity index (χ4n) is 2.30. The van der Waals surface area contributed by atoms with Crippen molar-refractivity contribution in [1.29, 1.82) is 0 Å². The molecule has 1 amide bonds. The Morgan fingerprint density at radius 2 is 2.15 bits per heavy atom. The van der Waals surface area contributed by atoms with Crippen LogP contribution in [0.2, 0.25) is 0 Å². The Bertz CT molecular complexity index is 877. The van der Waals surface area contributed by atoms with Crippen molar-refractivity contribution < 1.29 is 9.21 Å². The molecule has 136 valence electrons. The molecular weight excluding hydrogens is 368 g/mol. The van der Waals surface area contributed by atoms with E-state index in [0.29, 0.717) is 11.7 Å². The van der Waals surface area contributed by atoms with Gasteiger partial charge in [0.15, 0.2) is 4.34 Å². The summed E-state index contributed by atoms with van der Waals surface area (Å²) >= 11 is 2.81. The normalized spacial score (nSPS) is 12.0. The summed E-state index contributed by atoms with van der Waals surface area (Å²) in [6.45, 7) is 6.43. The van der Waals surface area contributed by atoms with Crippen LogP contribution in [0.3, 0.4) is 0 Å². The number of rotatable bonds is 7. The van der Waals surface area contributed by atoms with E-state index in [1.54, 1.807) is 6.26 Å². The van der Waals surface area contributed by atoms with Gasteiger partial charge in [0.2, 0.25) is 11.0 Å². The number of hydrogen-bond donors (Lipinski definition) is 2. The first-order valence-electron chi connectivity index (χ1n) is 8.16. The van der Waals surface area contributed by atoms with Crippen LogP contribution in [0, 0.1) is 13.8 Å². The molecule has 26 heavy (non-hydrogen) atoms. The minimum absolute atomic E-state index is 0.0535. The molecule has 0 saturated carbocycles. The van der Waals surface area contributed by atoms with Crippen LogP contribution in [0.4, 0.5) is 10.8 Å². The first-order chi connectivity index (χ1) is 12.5. The molecule has 0 fully saturated rings. The van der Waals surface area contributed by atoms with E-state index in [1.807, 2.05) is 45.0 Å². The number of nitrogens with one attached hydrogen (secondary N) is 2. The predicted molar refractivity (Wildman–Crippen MR) is 106 cm³/mol. The molecule has 2 N–H and O–H groups in total. The standard InChI is InChI=1S/C18H20N4O2S2/c1-11-6-7-15(12(2)9-11)20-16(23)13(3)25-18-22-21-17(26-18)19-10-14-5-4-8-24-14/h4-9,13H,10H2,1-3H3,(H,19,21)(H,20,23)/t13-/m1/s1. The zero-order chi connectivity index (χ0) is 18.5. The maximum atomic E-state index is 12.4. The summed E-state index contributed by atoms with van der Waals surface area (Å²) in [7, 11) is 0. The highest BCUT2D eigenvalue weighted by molar-refractivity contribution is 8.02. The lowest BCUT2D eigenvalue weighted by Crippen LogP contribution is -2.22. The molecule has 6 nitrogen and oxygen atoms in total. The first-order valence-corrected chi connectivity index (χ1v) is 9.85. The summed E-state index contributed by atoms with van der Waals surface area (Å²) in [6, 6.07) is 9.70. The maximum Gasteiger partial charge on any atom is 0.237 e. The van der Waals surface area contributed by atoms with Gasteiger partial charge in [0.05, 0.1) is 18.1 Å². The number of benzene rings is 1. The molecule has 2 aromatic heterocycles. The van der Waals surface area contributed by atoms with Gasteiger partial charge in [0.1, 0.15) is 5.76 Å². The smallest absolute Gasteiger partial charge is 0.237 e. The average Bonchev–Trinajstić information content (AvgIpc) is 3.27. The number of thioether (sulfide) groups is 1. The number of carbonyl (C=O) groups excluding carboxylic acids is 1. The zero-order valence-electron chi connectivity index (χ0n) is 14.8. The summed E-state index contributed by atoms with van der Waals surface area (Å²) in [6.07, 6.45) is 1.63. The third-order valence-electron chi connectivity index (χ3n) is 3.69. The van der Waals surface area contributed by atoms with E-state index in [4.69, 9.17) is 4.42 Å². The molecule has 1 aromatic carbocycles. The van der Waals surface area contributed by atoms with Crippen molar-refractivity contribution in [2.45, 2.75) is 36.9 Å². The van der Waals surface area contributed by atoms with Crippen molar-refractivity contribution in [2.75, 3.05) is 10.6 Å². The lowest BCUT2D eigenvalue weighted by Gasteiger charge is -2.12. The fourth-order valence-corrected chi connectivity index (χ4v) is 4.19. The van der Waals surface area contributed by atoms with Crippen LogP contribution in [0.25, 0.3) is 0 Å². The largest absolute Gasteiger partial charge is 0.467 e. The van der Waals surface area contributed by atoms with E-state index in [0.717, 1.165) is 21.4 Å². The molecule has 3 rings (SSSR count). The van der Waals surface area contributed by atoms with Crippen LogP contribution in [0.15, 0.2) is 45.4 Å². The Morgan fingerprint density at radius 3 is 2.88 bits per heavy atom. The molecular formula is C18H20N4O2S2. The summed E-state index contributed by atoms with van der Waals surface area (Å²) in [5, 5.41) is 14.8. The second-order valence-corrected chi connectivity index (χ2v) is 8.44. The van der Waals surface area contributed by atoms with Gasteiger partial charge in [-0.15, -0.1) is 10.2 Å². The first kappa shape index (κ1) is 18.5. The molecule has 0 unspecified atom stereocenters. The number of anilines is 2. The molecule has 0 aliphatic rings. The number of amides is 1. The van der Waals surface area contributed by atoms with E-state index in [1.165, 1.54) is 28.7 Å². The van der Waals surface area contributed by atoms with Gasteiger partial charge in [-0.05, 0) is 44.5 Å². The van der Waals surface area contributed by atoms with Crippen LogP contribution in [-0.2, 0) is 11.3 Å². The van der Waals surface area contributed by atoms with Crippen LogP contribution < -0.4 is 10.6 Å². The Labute approximate surface area is 160 Å². The Balaban J connectivity index is 1.53. The van der Waals surface area contributed by atoms with Gasteiger partial charge in [0.25, 0.3) is 0 Å². The average molecular weight is 389 g/mol. The van der Waals surface area contributed by atoms with E-state index >= 15 is 0 Å². The van der Waals surface area contributed by atoms with Gasteiger partial charge < -0.3 is 15.1 Å². The quantitative estimate of drug-likeness (QED) is 0.581. The number of nitrogens with zero attached hydrogens (tertiary/aromatic N) is 2. The van der Waals surface area contributed by atoms with E-state index < -0.39 is 0 Å². The molecule has 8 heteroatoms. The fraction of sp³-hybridized carbons (Fsp3) is 0.278. The van der Waals surface area contributed by atoms with Gasteiger partial charge >= 0.3 is 0 Å². The second kappa shape index (κ2) is 8.37. The van der Waals surface area contributed by atoms with Crippen molar-refractivity contribution in [3.05, 3.63) is 53.5 Å². The second-order valence-electron chi connectivity index (χ2n) is 5.87.